The van der Waals surface area contributed by atoms with Crippen molar-refractivity contribution >= 4 is 44.6 Å². The van der Waals surface area contributed by atoms with Crippen LogP contribution in [0.3, 0.4) is 0 Å². The van der Waals surface area contributed by atoms with Crippen LogP contribution in [0.4, 0.5) is 5.13 Å². The zero-order chi connectivity index (χ0) is 18.8. The number of aromatic nitrogens is 3. The van der Waals surface area contributed by atoms with Crippen molar-refractivity contribution in [2.75, 3.05) is 5.32 Å². The van der Waals surface area contributed by atoms with Crippen molar-refractivity contribution in [3.63, 3.8) is 0 Å². The molecule has 0 radical (unpaired) electrons. The lowest BCUT2D eigenvalue weighted by Crippen LogP contribution is -2.18. The van der Waals surface area contributed by atoms with E-state index in [1.807, 2.05) is 27.6 Å². The summed E-state index contributed by atoms with van der Waals surface area (Å²) in [5, 5.41) is 9.71. The average molecular weight is 401 g/mol. The number of hydrogen-bond donors (Lipinski definition) is 2. The molecule has 0 aliphatic carbocycles. The fourth-order valence-electron chi connectivity index (χ4n) is 2.46. The molecule has 4 rings (SSSR count). The van der Waals surface area contributed by atoms with Gasteiger partial charge in [-0.15, -0.1) is 22.7 Å². The van der Waals surface area contributed by atoms with Gasteiger partial charge >= 0.3 is 0 Å². The van der Waals surface area contributed by atoms with Gasteiger partial charge in [-0.2, -0.15) is 0 Å². The van der Waals surface area contributed by atoms with Crippen molar-refractivity contribution in [1.29, 1.82) is 0 Å². The van der Waals surface area contributed by atoms with Crippen molar-refractivity contribution in [3.8, 4) is 11.5 Å². The second kappa shape index (κ2) is 7.33. The summed E-state index contributed by atoms with van der Waals surface area (Å²) in [6, 6.07) is 3.57. The zero-order valence-electron chi connectivity index (χ0n) is 14.3. The number of nitrogens with zero attached hydrogens (tertiary/aromatic N) is 3. The van der Waals surface area contributed by atoms with E-state index in [2.05, 4.69) is 20.6 Å². The van der Waals surface area contributed by atoms with Crippen LogP contribution in [-0.2, 0) is 22.6 Å². The Morgan fingerprint density at radius 2 is 2.15 bits per heavy atom. The van der Waals surface area contributed by atoms with E-state index < -0.39 is 0 Å². The van der Waals surface area contributed by atoms with Gasteiger partial charge in [0.15, 0.2) is 15.9 Å². The van der Waals surface area contributed by atoms with Crippen molar-refractivity contribution in [1.82, 2.24) is 19.7 Å². The number of carbonyl (C=O) groups excluding carboxylic acids is 2. The SMILES string of the molecule is CC(=O)NCc1ccc(-c2csc(NC(=O)Cc3cn4ccsc4n3)n2)o1. The molecular formula is C17H15N5O3S2. The summed E-state index contributed by atoms with van der Waals surface area (Å²) in [5.74, 6) is 0.927. The summed E-state index contributed by atoms with van der Waals surface area (Å²) in [4.78, 5) is 32.8. The normalized spacial score (nSPS) is 11.0. The van der Waals surface area contributed by atoms with Crippen LogP contribution in [0.1, 0.15) is 18.4 Å². The smallest absolute Gasteiger partial charge is 0.232 e. The molecule has 0 aliphatic rings. The summed E-state index contributed by atoms with van der Waals surface area (Å²) in [5.41, 5.74) is 1.34. The first-order valence-electron chi connectivity index (χ1n) is 8.07. The van der Waals surface area contributed by atoms with Crippen molar-refractivity contribution < 1.29 is 14.0 Å². The lowest BCUT2D eigenvalue weighted by Gasteiger charge is -1.99. The summed E-state index contributed by atoms with van der Waals surface area (Å²) in [7, 11) is 0. The highest BCUT2D eigenvalue weighted by Crippen LogP contribution is 2.26. The highest BCUT2D eigenvalue weighted by Gasteiger charge is 2.13. The van der Waals surface area contributed by atoms with E-state index in [0.29, 0.717) is 34.6 Å². The molecule has 0 bridgehead atoms. The van der Waals surface area contributed by atoms with E-state index in [1.165, 1.54) is 29.6 Å². The van der Waals surface area contributed by atoms with E-state index in [9.17, 15) is 9.59 Å². The molecule has 0 saturated carbocycles. The van der Waals surface area contributed by atoms with Crippen LogP contribution in [0.2, 0.25) is 0 Å². The molecular weight excluding hydrogens is 386 g/mol. The highest BCUT2D eigenvalue weighted by molar-refractivity contribution is 7.15. The maximum absolute atomic E-state index is 12.2. The number of amides is 2. The Kier molecular flexibility index (Phi) is 4.73. The fraction of sp³-hybridized carbons (Fsp3) is 0.176. The molecule has 0 aromatic carbocycles. The van der Waals surface area contributed by atoms with Crippen LogP contribution in [0, 0.1) is 0 Å². The van der Waals surface area contributed by atoms with Gasteiger partial charge in [-0.3, -0.25) is 14.0 Å². The number of anilines is 1. The first kappa shape index (κ1) is 17.4. The van der Waals surface area contributed by atoms with E-state index in [-0.39, 0.29) is 18.2 Å². The summed E-state index contributed by atoms with van der Waals surface area (Å²) in [6.07, 6.45) is 3.94. The number of furan rings is 1. The third kappa shape index (κ3) is 4.07. The van der Waals surface area contributed by atoms with E-state index in [1.54, 1.807) is 12.1 Å². The van der Waals surface area contributed by atoms with E-state index in [4.69, 9.17) is 4.42 Å². The number of fused-ring (bicyclic) bond motifs is 1. The molecule has 2 N–H and O–H groups in total. The topological polar surface area (TPSA) is 102 Å². The Morgan fingerprint density at radius 1 is 1.26 bits per heavy atom. The quantitative estimate of drug-likeness (QED) is 0.517. The van der Waals surface area contributed by atoms with Crippen LogP contribution in [0.25, 0.3) is 16.4 Å². The first-order chi connectivity index (χ1) is 13.1. The van der Waals surface area contributed by atoms with Gasteiger partial charge in [-0.1, -0.05) is 0 Å². The van der Waals surface area contributed by atoms with Gasteiger partial charge in [0.25, 0.3) is 0 Å². The molecule has 2 amide bonds. The monoisotopic (exact) mass is 401 g/mol. The predicted octanol–water partition coefficient (Wildman–Crippen LogP) is 2.93. The third-order valence-corrected chi connectivity index (χ3v) is 5.19. The first-order valence-corrected chi connectivity index (χ1v) is 9.83. The number of carbonyl (C=O) groups is 2. The molecule has 10 heteroatoms. The molecule has 0 saturated heterocycles. The van der Waals surface area contributed by atoms with Gasteiger partial charge < -0.3 is 15.1 Å². The lowest BCUT2D eigenvalue weighted by molar-refractivity contribution is -0.119. The largest absolute Gasteiger partial charge is 0.458 e. The van der Waals surface area contributed by atoms with Crippen LogP contribution in [0.15, 0.2) is 39.7 Å². The Bertz CT molecular complexity index is 1080. The molecule has 0 unspecified atom stereocenters. The molecule has 4 aromatic heterocycles. The minimum atomic E-state index is -0.174. The molecule has 4 aromatic rings. The Balaban J connectivity index is 1.38. The number of hydrogen-bond acceptors (Lipinski definition) is 7. The Morgan fingerprint density at radius 3 is 2.96 bits per heavy atom. The second-order valence-corrected chi connectivity index (χ2v) is 7.49. The summed E-state index contributed by atoms with van der Waals surface area (Å²) < 4.78 is 7.56. The van der Waals surface area contributed by atoms with Crippen molar-refractivity contribution in [2.24, 2.45) is 0 Å². The average Bonchev–Trinajstić information content (AvgIpc) is 3.36. The second-order valence-electron chi connectivity index (χ2n) is 5.76. The minimum absolute atomic E-state index is 0.121. The van der Waals surface area contributed by atoms with Gasteiger partial charge in [0.05, 0.1) is 18.7 Å². The predicted molar refractivity (Wildman–Crippen MR) is 103 cm³/mol. The fourth-order valence-corrected chi connectivity index (χ4v) is 3.89. The van der Waals surface area contributed by atoms with Crippen LogP contribution in [-0.4, -0.2) is 26.2 Å². The molecule has 0 spiro atoms. The molecule has 27 heavy (non-hydrogen) atoms. The standard InChI is InChI=1S/C17H15N5O3S2/c1-10(23)18-7-12-2-3-14(25-12)13-9-27-16(20-13)21-15(24)6-11-8-22-4-5-26-17(22)19-11/h2-5,8-9H,6-7H2,1H3,(H,18,23)(H,20,21,24). The zero-order valence-corrected chi connectivity index (χ0v) is 15.9. The third-order valence-electron chi connectivity index (χ3n) is 3.66. The Hall–Kier alpha value is -2.98. The lowest BCUT2D eigenvalue weighted by atomic mass is 10.3. The number of rotatable bonds is 6. The molecule has 138 valence electrons. The van der Waals surface area contributed by atoms with Crippen LogP contribution >= 0.6 is 22.7 Å². The summed E-state index contributed by atoms with van der Waals surface area (Å²) in [6.45, 7) is 1.78. The number of nitrogens with one attached hydrogen (secondary N) is 2. The molecule has 0 fully saturated rings. The van der Waals surface area contributed by atoms with Gasteiger partial charge in [-0.25, -0.2) is 9.97 Å². The maximum atomic E-state index is 12.2. The highest BCUT2D eigenvalue weighted by atomic mass is 32.1. The van der Waals surface area contributed by atoms with Crippen molar-refractivity contribution in [2.45, 2.75) is 19.9 Å². The maximum Gasteiger partial charge on any atom is 0.232 e. The van der Waals surface area contributed by atoms with Crippen LogP contribution in [0.5, 0.6) is 0 Å². The molecule has 0 aliphatic heterocycles. The minimum Gasteiger partial charge on any atom is -0.458 e. The van der Waals surface area contributed by atoms with Crippen molar-refractivity contribution in [3.05, 3.63) is 46.7 Å². The Labute approximate surface area is 161 Å². The number of thiazole rings is 2. The van der Waals surface area contributed by atoms with Crippen LogP contribution < -0.4 is 10.6 Å². The van der Waals surface area contributed by atoms with E-state index in [0.717, 1.165) is 4.96 Å². The molecule has 8 nitrogen and oxygen atoms in total. The van der Waals surface area contributed by atoms with E-state index >= 15 is 0 Å². The molecule has 4 heterocycles. The number of imidazole rings is 1. The van der Waals surface area contributed by atoms with Gasteiger partial charge in [-0.05, 0) is 12.1 Å². The van der Waals surface area contributed by atoms with Gasteiger partial charge in [0.2, 0.25) is 11.8 Å². The van der Waals surface area contributed by atoms with Gasteiger partial charge in [0.1, 0.15) is 11.5 Å². The molecule has 0 atom stereocenters. The van der Waals surface area contributed by atoms with Gasteiger partial charge in [0, 0.05) is 30.1 Å². The summed E-state index contributed by atoms with van der Waals surface area (Å²) >= 11 is 2.84.